The van der Waals surface area contributed by atoms with E-state index in [-0.39, 0.29) is 30.9 Å². The molecule has 2 aromatic heterocycles. The Morgan fingerprint density at radius 1 is 1.18 bits per heavy atom. The highest BCUT2D eigenvalue weighted by Gasteiger charge is 2.28. The molecule has 2 aliphatic heterocycles. The second-order valence-corrected chi connectivity index (χ2v) is 9.91. The van der Waals surface area contributed by atoms with Gasteiger partial charge in [-0.3, -0.25) is 9.59 Å². The van der Waals surface area contributed by atoms with Crippen LogP contribution < -0.4 is 15.0 Å². The van der Waals surface area contributed by atoms with E-state index in [1.807, 2.05) is 30.3 Å². The predicted molar refractivity (Wildman–Crippen MR) is 131 cm³/mol. The second kappa shape index (κ2) is 8.61. The lowest BCUT2D eigenvalue weighted by Crippen LogP contribution is -2.38. The largest absolute Gasteiger partial charge is 0.454 e. The number of aromatic amines is 1. The number of rotatable bonds is 5. The van der Waals surface area contributed by atoms with Crippen molar-refractivity contribution in [2.45, 2.75) is 25.5 Å². The van der Waals surface area contributed by atoms with Gasteiger partial charge in [-0.15, -0.1) is 11.3 Å². The number of H-pyrrole nitrogens is 1. The first-order valence-corrected chi connectivity index (χ1v) is 12.3. The number of hydrogen-bond acceptors (Lipinski definition) is 6. The van der Waals surface area contributed by atoms with Gasteiger partial charge in [-0.1, -0.05) is 29.8 Å². The molecular weight excluding hydrogens is 476 g/mol. The van der Waals surface area contributed by atoms with Crippen LogP contribution in [0.4, 0.5) is 0 Å². The highest BCUT2D eigenvalue weighted by molar-refractivity contribution is 7.21. The van der Waals surface area contributed by atoms with Crippen molar-refractivity contribution < 1.29 is 19.0 Å². The van der Waals surface area contributed by atoms with Crippen molar-refractivity contribution in [1.82, 2.24) is 9.88 Å². The van der Waals surface area contributed by atoms with E-state index in [0.717, 1.165) is 28.3 Å². The molecule has 34 heavy (non-hydrogen) atoms. The lowest BCUT2D eigenvalue weighted by Gasteiger charge is -2.25. The van der Waals surface area contributed by atoms with Gasteiger partial charge in [0, 0.05) is 40.3 Å². The lowest BCUT2D eigenvalue weighted by atomic mass is 10.1. The Labute approximate surface area is 203 Å². The number of thiophene rings is 1. The molecule has 0 aliphatic carbocycles. The molecule has 0 spiro atoms. The number of fused-ring (bicyclic) bond motifs is 3. The van der Waals surface area contributed by atoms with E-state index in [2.05, 4.69) is 4.98 Å². The number of pyridine rings is 1. The van der Waals surface area contributed by atoms with Gasteiger partial charge in [-0.25, -0.2) is 0 Å². The van der Waals surface area contributed by atoms with Gasteiger partial charge in [0.2, 0.25) is 6.79 Å². The average molecular weight is 497 g/mol. The molecule has 1 atom stereocenters. The average Bonchev–Trinajstić information content (AvgIpc) is 3.58. The molecule has 1 saturated heterocycles. The summed E-state index contributed by atoms with van der Waals surface area (Å²) in [5, 5.41) is 2.11. The zero-order valence-corrected chi connectivity index (χ0v) is 19.7. The Hall–Kier alpha value is -3.07. The third kappa shape index (κ3) is 3.81. The molecule has 4 heterocycles. The maximum absolute atomic E-state index is 13.7. The highest BCUT2D eigenvalue weighted by atomic mass is 35.5. The van der Waals surface area contributed by atoms with Crippen LogP contribution >= 0.6 is 22.9 Å². The minimum absolute atomic E-state index is 0.0644. The zero-order valence-electron chi connectivity index (χ0n) is 18.1. The van der Waals surface area contributed by atoms with Crippen molar-refractivity contribution in [3.8, 4) is 11.5 Å². The van der Waals surface area contributed by atoms with Crippen molar-refractivity contribution >= 4 is 49.8 Å². The van der Waals surface area contributed by atoms with Crippen molar-refractivity contribution in [3.05, 3.63) is 68.3 Å². The molecule has 7 nitrogen and oxygen atoms in total. The number of halogens is 1. The number of ether oxygens (including phenoxy) is 3. The molecule has 9 heteroatoms. The normalized spacial score (nSPS) is 17.0. The number of hydrogen-bond donors (Lipinski definition) is 1. The number of nitrogens with one attached hydrogen (secondary N) is 1. The number of aromatic nitrogens is 1. The molecule has 0 saturated carbocycles. The second-order valence-electron chi connectivity index (χ2n) is 8.48. The lowest BCUT2D eigenvalue weighted by molar-refractivity contribution is 0.0510. The fourth-order valence-electron chi connectivity index (χ4n) is 4.51. The van der Waals surface area contributed by atoms with Crippen molar-refractivity contribution in [2.24, 2.45) is 0 Å². The summed E-state index contributed by atoms with van der Waals surface area (Å²) >= 11 is 7.99. The standard InChI is InChI=1S/C25H21ClN2O5S/c26-22-17-5-1-2-6-21(17)34-23(22)25(30)28(12-16-4-3-7-31-16)11-15-8-14-9-19-20(33-13-32-19)10-18(14)27-24(15)29/h1-2,5-6,8-10,16H,3-4,7,11-13H2,(H,27,29)/t16-/m0/s1. The van der Waals surface area contributed by atoms with Crippen molar-refractivity contribution in [1.29, 1.82) is 0 Å². The fourth-order valence-corrected chi connectivity index (χ4v) is 5.99. The maximum Gasteiger partial charge on any atom is 0.265 e. The number of benzene rings is 2. The van der Waals surface area contributed by atoms with Crippen LogP contribution in [0.5, 0.6) is 11.5 Å². The maximum atomic E-state index is 13.7. The molecule has 1 fully saturated rings. The van der Waals surface area contributed by atoms with Gasteiger partial charge in [0.1, 0.15) is 4.88 Å². The van der Waals surface area contributed by atoms with Gasteiger partial charge < -0.3 is 24.1 Å². The molecule has 2 aliphatic rings. The predicted octanol–water partition coefficient (Wildman–Crippen LogP) is 4.95. The summed E-state index contributed by atoms with van der Waals surface area (Å²) in [6.07, 6.45) is 1.77. The summed E-state index contributed by atoms with van der Waals surface area (Å²) in [7, 11) is 0. The van der Waals surface area contributed by atoms with Crippen LogP contribution in [0, 0.1) is 0 Å². The van der Waals surface area contributed by atoms with Crippen LogP contribution in [0.3, 0.4) is 0 Å². The monoisotopic (exact) mass is 496 g/mol. The van der Waals surface area contributed by atoms with Gasteiger partial charge in [0.05, 0.1) is 23.2 Å². The number of carbonyl (C=O) groups excluding carboxylic acids is 1. The first-order valence-electron chi connectivity index (χ1n) is 11.1. The topological polar surface area (TPSA) is 80.9 Å². The third-order valence-corrected chi connectivity index (χ3v) is 7.90. The van der Waals surface area contributed by atoms with E-state index >= 15 is 0 Å². The Balaban J connectivity index is 1.37. The molecule has 0 unspecified atom stereocenters. The summed E-state index contributed by atoms with van der Waals surface area (Å²) < 4.78 is 17.6. The highest BCUT2D eigenvalue weighted by Crippen LogP contribution is 2.37. The molecule has 4 aromatic rings. The molecule has 6 rings (SSSR count). The molecule has 1 amide bonds. The summed E-state index contributed by atoms with van der Waals surface area (Å²) in [4.78, 5) is 31.7. The Morgan fingerprint density at radius 3 is 2.79 bits per heavy atom. The third-order valence-electron chi connectivity index (χ3n) is 6.24. The van der Waals surface area contributed by atoms with Crippen LogP contribution in [0.2, 0.25) is 5.02 Å². The minimum atomic E-state index is -0.251. The quantitative estimate of drug-likeness (QED) is 0.423. The Bertz CT molecular complexity index is 1470. The molecule has 1 N–H and O–H groups in total. The van der Waals surface area contributed by atoms with Gasteiger partial charge in [0.25, 0.3) is 11.5 Å². The van der Waals surface area contributed by atoms with Crippen LogP contribution in [0.25, 0.3) is 21.0 Å². The van der Waals surface area contributed by atoms with Gasteiger partial charge in [-0.05, 0) is 31.0 Å². The van der Waals surface area contributed by atoms with Crippen LogP contribution in [-0.4, -0.2) is 41.8 Å². The van der Waals surface area contributed by atoms with Crippen molar-refractivity contribution in [3.63, 3.8) is 0 Å². The minimum Gasteiger partial charge on any atom is -0.454 e. The summed E-state index contributed by atoms with van der Waals surface area (Å²) in [6, 6.07) is 13.1. The molecule has 0 radical (unpaired) electrons. The first kappa shape index (κ1) is 21.5. The fraction of sp³-hybridized carbons (Fsp3) is 0.280. The van der Waals surface area contributed by atoms with Crippen LogP contribution in [-0.2, 0) is 11.3 Å². The van der Waals surface area contributed by atoms with E-state index in [0.29, 0.717) is 45.6 Å². The smallest absolute Gasteiger partial charge is 0.265 e. The zero-order chi connectivity index (χ0) is 23.2. The van der Waals surface area contributed by atoms with Gasteiger partial charge >= 0.3 is 0 Å². The van der Waals surface area contributed by atoms with E-state index < -0.39 is 0 Å². The number of carbonyl (C=O) groups is 1. The molecule has 2 aromatic carbocycles. The Kier molecular flexibility index (Phi) is 5.44. The van der Waals surface area contributed by atoms with E-state index in [1.54, 1.807) is 17.0 Å². The van der Waals surface area contributed by atoms with Crippen LogP contribution in [0.1, 0.15) is 28.1 Å². The Morgan fingerprint density at radius 2 is 2.00 bits per heavy atom. The van der Waals surface area contributed by atoms with Gasteiger partial charge in [-0.2, -0.15) is 0 Å². The molecule has 0 bridgehead atoms. The number of amides is 1. The summed E-state index contributed by atoms with van der Waals surface area (Å²) in [5.41, 5.74) is 0.886. The molecule has 174 valence electrons. The van der Waals surface area contributed by atoms with Crippen molar-refractivity contribution in [2.75, 3.05) is 19.9 Å². The van der Waals surface area contributed by atoms with E-state index in [9.17, 15) is 9.59 Å². The van der Waals surface area contributed by atoms with Gasteiger partial charge in [0.15, 0.2) is 11.5 Å². The van der Waals surface area contributed by atoms with Crippen LogP contribution in [0.15, 0.2) is 47.3 Å². The number of nitrogens with zero attached hydrogens (tertiary/aromatic N) is 1. The SMILES string of the molecule is O=C(c1sc2ccccc2c1Cl)N(Cc1cc2cc3c(cc2[nH]c1=O)OCO3)C[C@@H]1CCCO1. The first-order chi connectivity index (χ1) is 16.6. The van der Waals surface area contributed by atoms with E-state index in [4.69, 9.17) is 25.8 Å². The summed E-state index contributed by atoms with van der Waals surface area (Å²) in [6.45, 7) is 1.37. The molecular formula is C25H21ClN2O5S. The van der Waals surface area contributed by atoms with E-state index in [1.165, 1.54) is 11.3 Å². The summed E-state index contributed by atoms with van der Waals surface area (Å²) in [5.74, 6) is 1.03.